The topological polar surface area (TPSA) is 147 Å². The van der Waals surface area contributed by atoms with Crippen molar-refractivity contribution in [3.8, 4) is 0 Å². The van der Waals surface area contributed by atoms with E-state index in [0.29, 0.717) is 83.6 Å². The molecule has 184 valence electrons. The Hall–Kier alpha value is -1.57. The molecule has 1 aliphatic rings. The second kappa shape index (κ2) is 18.9. The molecule has 0 saturated carbocycles. The van der Waals surface area contributed by atoms with E-state index in [1.807, 2.05) is 6.26 Å². The molecular formula is C21H35NO9S. The zero-order valence-corrected chi connectivity index (χ0v) is 19.3. The van der Waals surface area contributed by atoms with Crippen LogP contribution in [0.1, 0.15) is 33.6 Å². The van der Waals surface area contributed by atoms with Crippen LogP contribution in [-0.2, 0) is 23.1 Å². The molecule has 10 nitrogen and oxygen atoms in total. The minimum atomic E-state index is -0.205. The van der Waals surface area contributed by atoms with Gasteiger partial charge in [-0.15, -0.1) is 0 Å². The van der Waals surface area contributed by atoms with E-state index in [4.69, 9.17) is 23.1 Å². The predicted molar refractivity (Wildman–Crippen MR) is 121 cm³/mol. The molecule has 0 aromatic heterocycles. The molecule has 1 heterocycles. The van der Waals surface area contributed by atoms with E-state index in [9.17, 15) is 9.59 Å². The lowest BCUT2D eigenvalue weighted by Gasteiger charge is -2.13. The maximum atomic E-state index is 12.2. The van der Waals surface area contributed by atoms with Gasteiger partial charge in [0.25, 0.3) is 11.8 Å². The summed E-state index contributed by atoms with van der Waals surface area (Å²) in [5.74, 6) is -0.411. The first kappa shape index (κ1) is 30.4. The fourth-order valence-corrected chi connectivity index (χ4v) is 3.09. The fraction of sp³-hybridized carbons (Fsp3) is 0.619. The van der Waals surface area contributed by atoms with Crippen molar-refractivity contribution in [3.63, 3.8) is 0 Å². The minimum absolute atomic E-state index is 0. The highest BCUT2D eigenvalue weighted by Gasteiger charge is 2.34. The van der Waals surface area contributed by atoms with Crippen molar-refractivity contribution in [2.45, 2.75) is 12.8 Å². The van der Waals surface area contributed by atoms with Crippen LogP contribution in [-0.4, -0.2) is 99.9 Å². The van der Waals surface area contributed by atoms with Gasteiger partial charge in [0.05, 0.1) is 64.0 Å². The molecule has 2 rings (SSSR count). The summed E-state index contributed by atoms with van der Waals surface area (Å²) in [5.41, 5.74) is 0.987. The average molecular weight is 478 g/mol. The third-order valence-corrected chi connectivity index (χ3v) is 4.75. The summed E-state index contributed by atoms with van der Waals surface area (Å²) in [5, 5.41) is 0. The third-order valence-electron chi connectivity index (χ3n) is 4.34. The van der Waals surface area contributed by atoms with Gasteiger partial charge in [0.15, 0.2) is 0 Å². The quantitative estimate of drug-likeness (QED) is 0.171. The number of imide groups is 1. The summed E-state index contributed by atoms with van der Waals surface area (Å²) in [6.07, 6.45) is 3.36. The van der Waals surface area contributed by atoms with Crippen LogP contribution in [0, 0.1) is 0 Å². The molecule has 1 aromatic rings. The van der Waals surface area contributed by atoms with Gasteiger partial charge in [-0.1, -0.05) is 12.1 Å². The van der Waals surface area contributed by atoms with Crippen LogP contribution < -0.4 is 0 Å². The van der Waals surface area contributed by atoms with Crippen molar-refractivity contribution in [3.05, 3.63) is 35.4 Å². The summed E-state index contributed by atoms with van der Waals surface area (Å²) in [7, 11) is 0. The highest BCUT2D eigenvalue weighted by molar-refractivity contribution is 7.93. The number of amides is 2. The van der Waals surface area contributed by atoms with Gasteiger partial charge in [0, 0.05) is 19.4 Å². The molecule has 0 fully saturated rings. The molecule has 1 aromatic carbocycles. The van der Waals surface area contributed by atoms with E-state index >= 15 is 0 Å². The van der Waals surface area contributed by atoms with E-state index < -0.39 is 0 Å². The van der Waals surface area contributed by atoms with Crippen molar-refractivity contribution in [2.24, 2.45) is 0 Å². The van der Waals surface area contributed by atoms with Gasteiger partial charge in [-0.2, -0.15) is 0 Å². The van der Waals surface area contributed by atoms with Gasteiger partial charge in [-0.05, 0) is 37.0 Å². The first-order valence-corrected chi connectivity index (χ1v) is 11.3. The highest BCUT2D eigenvalue weighted by Crippen LogP contribution is 2.22. The smallest absolute Gasteiger partial charge is 0.261 e. The Bertz CT molecular complexity index is 612. The van der Waals surface area contributed by atoms with Crippen LogP contribution in [0.4, 0.5) is 0 Å². The number of rotatable bonds is 18. The van der Waals surface area contributed by atoms with Gasteiger partial charge < -0.3 is 34.1 Å². The second-order valence-corrected chi connectivity index (χ2v) is 7.02. The molecule has 11 heteroatoms. The van der Waals surface area contributed by atoms with Gasteiger partial charge in [-0.25, -0.2) is 0 Å². The number of carbonyl (C=O) groups is 2. The maximum absolute atomic E-state index is 12.2. The SMILES string of the molecule is CSOCCOCCOCCOCCOCCCCN1C(=O)c2ccccc2C1=O.O.O. The molecule has 2 amide bonds. The lowest BCUT2D eigenvalue weighted by Crippen LogP contribution is -2.30. The van der Waals surface area contributed by atoms with Gasteiger partial charge in [0.2, 0.25) is 0 Å². The number of hydrogen-bond acceptors (Lipinski definition) is 8. The molecule has 0 aliphatic carbocycles. The normalized spacial score (nSPS) is 12.5. The fourth-order valence-electron chi connectivity index (χ4n) is 2.85. The highest BCUT2D eigenvalue weighted by atomic mass is 32.2. The zero-order valence-electron chi connectivity index (χ0n) is 18.5. The van der Waals surface area contributed by atoms with Crippen LogP contribution >= 0.6 is 12.0 Å². The van der Waals surface area contributed by atoms with Crippen LogP contribution in [0.5, 0.6) is 0 Å². The zero-order chi connectivity index (χ0) is 21.4. The molecule has 0 unspecified atom stereocenters. The van der Waals surface area contributed by atoms with Crippen LogP contribution in [0.15, 0.2) is 24.3 Å². The van der Waals surface area contributed by atoms with Crippen molar-refractivity contribution in [2.75, 3.05) is 72.3 Å². The van der Waals surface area contributed by atoms with Gasteiger partial charge >= 0.3 is 0 Å². The molecule has 0 atom stereocenters. The summed E-state index contributed by atoms with van der Waals surface area (Å²) < 4.78 is 26.7. The Morgan fingerprint density at radius 2 is 1.12 bits per heavy atom. The maximum Gasteiger partial charge on any atom is 0.261 e. The number of carbonyl (C=O) groups excluding carboxylic acids is 2. The van der Waals surface area contributed by atoms with Crippen molar-refractivity contribution >= 4 is 23.9 Å². The van der Waals surface area contributed by atoms with E-state index in [-0.39, 0.29) is 22.8 Å². The van der Waals surface area contributed by atoms with Crippen LogP contribution in [0.2, 0.25) is 0 Å². The van der Waals surface area contributed by atoms with Crippen molar-refractivity contribution in [1.82, 2.24) is 4.90 Å². The minimum Gasteiger partial charge on any atom is -0.412 e. The van der Waals surface area contributed by atoms with E-state index in [1.54, 1.807) is 24.3 Å². The standard InChI is InChI=1S/C21H31NO7S.2H2O/c1-30-29-17-16-28-15-14-27-13-12-26-11-10-25-9-5-4-8-22-20(23)18-6-2-3-7-19(18)21(22)24;;/h2-3,6-7H,4-5,8-17H2,1H3;2*1H2. The second-order valence-electron chi connectivity index (χ2n) is 6.45. The number of nitrogens with zero attached hydrogens (tertiary/aromatic N) is 1. The Labute approximate surface area is 193 Å². The lowest BCUT2D eigenvalue weighted by molar-refractivity contribution is -0.00438. The van der Waals surface area contributed by atoms with E-state index in [0.717, 1.165) is 6.42 Å². The lowest BCUT2D eigenvalue weighted by atomic mass is 10.1. The number of hydrogen-bond donors (Lipinski definition) is 0. The first-order chi connectivity index (χ1) is 14.8. The van der Waals surface area contributed by atoms with Crippen LogP contribution in [0.25, 0.3) is 0 Å². The van der Waals surface area contributed by atoms with E-state index in [2.05, 4.69) is 0 Å². The Morgan fingerprint density at radius 3 is 1.59 bits per heavy atom. The summed E-state index contributed by atoms with van der Waals surface area (Å²) in [6, 6.07) is 6.94. The van der Waals surface area contributed by atoms with Crippen molar-refractivity contribution in [1.29, 1.82) is 0 Å². The Balaban J connectivity index is 0.00000480. The molecule has 1 aliphatic heterocycles. The third kappa shape index (κ3) is 10.8. The molecular weight excluding hydrogens is 442 g/mol. The Morgan fingerprint density at radius 1 is 0.688 bits per heavy atom. The molecule has 32 heavy (non-hydrogen) atoms. The number of benzene rings is 1. The van der Waals surface area contributed by atoms with Gasteiger partial charge in [0.1, 0.15) is 0 Å². The molecule has 4 N–H and O–H groups in total. The Kier molecular flexibility index (Phi) is 18.0. The average Bonchev–Trinajstić information content (AvgIpc) is 3.01. The van der Waals surface area contributed by atoms with Crippen molar-refractivity contribution < 1.29 is 43.7 Å². The van der Waals surface area contributed by atoms with Crippen LogP contribution in [0.3, 0.4) is 0 Å². The first-order valence-electron chi connectivity index (χ1n) is 10.2. The molecule has 0 radical (unpaired) electrons. The predicted octanol–water partition coefficient (Wildman–Crippen LogP) is 0.774. The molecule has 0 saturated heterocycles. The van der Waals surface area contributed by atoms with E-state index in [1.165, 1.54) is 16.9 Å². The summed E-state index contributed by atoms with van der Waals surface area (Å²) >= 11 is 1.33. The number of ether oxygens (including phenoxy) is 4. The van der Waals surface area contributed by atoms with Gasteiger partial charge in [-0.3, -0.25) is 14.5 Å². The molecule has 0 spiro atoms. The summed E-state index contributed by atoms with van der Waals surface area (Å²) in [6.45, 7) is 5.25. The molecule has 0 bridgehead atoms. The largest absolute Gasteiger partial charge is 0.412 e. The monoisotopic (exact) mass is 477 g/mol. The number of unbranched alkanes of at least 4 members (excludes halogenated alkanes) is 1. The summed E-state index contributed by atoms with van der Waals surface area (Å²) in [4.78, 5) is 25.8. The number of fused-ring (bicyclic) bond motifs is 1.